The summed E-state index contributed by atoms with van der Waals surface area (Å²) in [7, 11) is 0. The fourth-order valence-electron chi connectivity index (χ4n) is 2.36. The summed E-state index contributed by atoms with van der Waals surface area (Å²) >= 11 is 0. The fraction of sp³-hybridized carbons (Fsp3) is 1.00. The molecule has 72 valence electrons. The molecule has 2 aliphatic rings. The van der Waals surface area contributed by atoms with Crippen LogP contribution in [0.4, 0.5) is 0 Å². The Bertz CT molecular complexity index is 127. The normalized spacial score (nSPS) is 26.2. The molecule has 0 aromatic carbocycles. The highest BCUT2D eigenvalue weighted by Crippen LogP contribution is 2.47. The number of likely N-dealkylation sites (tertiary alicyclic amines) is 1. The molecular weight excluding hydrogens is 146 g/mol. The molecule has 12 heavy (non-hydrogen) atoms. The molecule has 1 saturated heterocycles. The first-order valence-electron chi connectivity index (χ1n) is 5.62. The van der Waals surface area contributed by atoms with Crippen molar-refractivity contribution in [1.82, 2.24) is 4.90 Å². The average Bonchev–Trinajstić information content (AvgIpc) is 2.90. The van der Waals surface area contributed by atoms with Crippen molar-refractivity contribution in [1.29, 1.82) is 0 Å². The maximum atomic E-state index is 2.69. The third-order valence-corrected chi connectivity index (χ3v) is 3.20. The topological polar surface area (TPSA) is 3.24 Å². The highest BCUT2D eigenvalue weighted by Gasteiger charge is 2.47. The van der Waals surface area contributed by atoms with Gasteiger partial charge >= 0.3 is 0 Å². The lowest BCUT2D eigenvalue weighted by Crippen LogP contribution is -2.41. The average molecular weight is 169 g/mol. The molecule has 0 aromatic heterocycles. The summed E-state index contributed by atoms with van der Waals surface area (Å²) in [5.41, 5.74) is 0.729. The summed E-state index contributed by atoms with van der Waals surface area (Å²) in [5, 5.41) is 0. The summed E-state index contributed by atoms with van der Waals surface area (Å²) in [5.74, 6) is 0. The minimum atomic E-state index is 0.729. The first-order valence-corrected chi connectivity index (χ1v) is 5.62. The predicted molar refractivity (Wildman–Crippen MR) is 54.4 cm³/mol. The molecule has 1 aliphatic carbocycles. The van der Waals surface area contributed by atoms with Crippen molar-refractivity contribution in [2.75, 3.05) is 13.1 Å². The van der Waals surface area contributed by atoms with E-state index in [1.807, 2.05) is 13.8 Å². The Morgan fingerprint density at radius 3 is 2.17 bits per heavy atom. The van der Waals surface area contributed by atoms with Crippen LogP contribution >= 0.6 is 0 Å². The molecule has 0 aromatic rings. The molecular formula is C11H23N. The highest BCUT2D eigenvalue weighted by atomic mass is 15.2. The van der Waals surface area contributed by atoms with E-state index >= 15 is 0 Å². The van der Waals surface area contributed by atoms with Gasteiger partial charge in [-0.2, -0.15) is 0 Å². The van der Waals surface area contributed by atoms with Crippen LogP contribution in [0.1, 0.15) is 52.9 Å². The van der Waals surface area contributed by atoms with Gasteiger partial charge in [-0.1, -0.05) is 27.2 Å². The monoisotopic (exact) mass is 169 g/mol. The molecule has 0 bridgehead atoms. The quantitative estimate of drug-likeness (QED) is 0.583. The third-order valence-electron chi connectivity index (χ3n) is 3.20. The molecule has 1 heteroatoms. The summed E-state index contributed by atoms with van der Waals surface area (Å²) < 4.78 is 0. The lowest BCUT2D eigenvalue weighted by atomic mass is 10.0. The number of piperidine rings is 1. The van der Waals surface area contributed by atoms with Crippen molar-refractivity contribution in [3.63, 3.8) is 0 Å². The van der Waals surface area contributed by atoms with Crippen LogP contribution in [0.3, 0.4) is 0 Å². The van der Waals surface area contributed by atoms with Crippen LogP contribution in [0.15, 0.2) is 0 Å². The summed E-state index contributed by atoms with van der Waals surface area (Å²) in [6.45, 7) is 8.95. The van der Waals surface area contributed by atoms with Gasteiger partial charge in [0.2, 0.25) is 0 Å². The van der Waals surface area contributed by atoms with Crippen molar-refractivity contribution in [2.24, 2.45) is 0 Å². The standard InChI is InChI=1S/C9H17N.C2H6/c1-2-10-8-4-3-5-9(10)6-7-9;1-2/h2-8H2,1H3;1-2H3. The number of hydrogen-bond acceptors (Lipinski definition) is 1. The van der Waals surface area contributed by atoms with Gasteiger partial charge in [-0.3, -0.25) is 4.90 Å². The minimum absolute atomic E-state index is 0.729. The molecule has 1 aliphatic heterocycles. The van der Waals surface area contributed by atoms with E-state index in [1.165, 1.54) is 45.2 Å². The van der Waals surface area contributed by atoms with Gasteiger partial charge in [0.25, 0.3) is 0 Å². The van der Waals surface area contributed by atoms with E-state index < -0.39 is 0 Å². The Morgan fingerprint density at radius 1 is 1.08 bits per heavy atom. The summed E-state index contributed by atoms with van der Waals surface area (Å²) in [4.78, 5) is 2.69. The number of hydrogen-bond donors (Lipinski definition) is 0. The second kappa shape index (κ2) is 4.27. The SMILES string of the molecule is CC.CCN1CCCCC12CC2. The van der Waals surface area contributed by atoms with E-state index in [9.17, 15) is 0 Å². The van der Waals surface area contributed by atoms with Gasteiger partial charge in [0.1, 0.15) is 0 Å². The maximum Gasteiger partial charge on any atom is 0.0210 e. The van der Waals surface area contributed by atoms with Crippen LogP contribution < -0.4 is 0 Å². The molecule has 2 rings (SSSR count). The molecule has 1 nitrogen and oxygen atoms in total. The van der Waals surface area contributed by atoms with Crippen LogP contribution in [-0.2, 0) is 0 Å². The Morgan fingerprint density at radius 2 is 1.75 bits per heavy atom. The van der Waals surface area contributed by atoms with E-state index in [-0.39, 0.29) is 0 Å². The first-order chi connectivity index (χ1) is 5.87. The van der Waals surface area contributed by atoms with Crippen molar-refractivity contribution in [3.8, 4) is 0 Å². The molecule has 1 heterocycles. The van der Waals surface area contributed by atoms with Gasteiger partial charge in [-0.15, -0.1) is 0 Å². The molecule has 0 amide bonds. The van der Waals surface area contributed by atoms with Gasteiger partial charge in [0.15, 0.2) is 0 Å². The van der Waals surface area contributed by atoms with Crippen LogP contribution in [0.5, 0.6) is 0 Å². The molecule has 0 N–H and O–H groups in total. The number of nitrogens with zero attached hydrogens (tertiary/aromatic N) is 1. The van der Waals surface area contributed by atoms with E-state index in [2.05, 4.69) is 11.8 Å². The fourth-order valence-corrected chi connectivity index (χ4v) is 2.36. The first kappa shape index (κ1) is 10.0. The second-order valence-electron chi connectivity index (χ2n) is 3.76. The number of rotatable bonds is 1. The van der Waals surface area contributed by atoms with Crippen molar-refractivity contribution < 1.29 is 0 Å². The zero-order chi connectivity index (χ0) is 9.03. The van der Waals surface area contributed by atoms with Crippen molar-refractivity contribution >= 4 is 0 Å². The second-order valence-corrected chi connectivity index (χ2v) is 3.76. The predicted octanol–water partition coefficient (Wildman–Crippen LogP) is 3.05. The Labute approximate surface area is 77.1 Å². The zero-order valence-electron chi connectivity index (χ0n) is 8.90. The highest BCUT2D eigenvalue weighted by molar-refractivity contribution is 5.04. The van der Waals surface area contributed by atoms with Gasteiger partial charge in [0, 0.05) is 5.54 Å². The summed E-state index contributed by atoms with van der Waals surface area (Å²) in [6, 6.07) is 0. The van der Waals surface area contributed by atoms with Gasteiger partial charge in [0.05, 0.1) is 0 Å². The van der Waals surface area contributed by atoms with Crippen molar-refractivity contribution in [3.05, 3.63) is 0 Å². The molecule has 1 spiro atoms. The Hall–Kier alpha value is -0.0400. The van der Waals surface area contributed by atoms with Crippen LogP contribution in [0.25, 0.3) is 0 Å². The molecule has 0 atom stereocenters. The summed E-state index contributed by atoms with van der Waals surface area (Å²) in [6.07, 6.45) is 7.38. The van der Waals surface area contributed by atoms with Crippen LogP contribution in [-0.4, -0.2) is 23.5 Å². The molecule has 0 unspecified atom stereocenters. The molecule has 0 radical (unpaired) electrons. The largest absolute Gasteiger partial charge is 0.298 e. The van der Waals surface area contributed by atoms with Gasteiger partial charge < -0.3 is 0 Å². The van der Waals surface area contributed by atoms with Crippen LogP contribution in [0.2, 0.25) is 0 Å². The van der Waals surface area contributed by atoms with Crippen LogP contribution in [0, 0.1) is 0 Å². The lowest BCUT2D eigenvalue weighted by molar-refractivity contribution is 0.137. The van der Waals surface area contributed by atoms with Crippen molar-refractivity contribution in [2.45, 2.75) is 58.4 Å². The minimum Gasteiger partial charge on any atom is -0.298 e. The van der Waals surface area contributed by atoms with E-state index in [4.69, 9.17) is 0 Å². The van der Waals surface area contributed by atoms with E-state index in [1.54, 1.807) is 0 Å². The lowest BCUT2D eigenvalue weighted by Gasteiger charge is -2.35. The van der Waals surface area contributed by atoms with Gasteiger partial charge in [-0.25, -0.2) is 0 Å². The molecule has 2 fully saturated rings. The zero-order valence-corrected chi connectivity index (χ0v) is 8.90. The van der Waals surface area contributed by atoms with E-state index in [0.717, 1.165) is 5.54 Å². The Kier molecular flexibility index (Phi) is 3.57. The third kappa shape index (κ3) is 1.82. The maximum absolute atomic E-state index is 2.69. The smallest absolute Gasteiger partial charge is 0.0210 e. The Balaban J connectivity index is 0.000000336. The van der Waals surface area contributed by atoms with E-state index in [0.29, 0.717) is 0 Å². The molecule has 1 saturated carbocycles. The van der Waals surface area contributed by atoms with Gasteiger partial charge in [-0.05, 0) is 38.8 Å².